The molecule has 2 rings (SSSR count). The van der Waals surface area contributed by atoms with E-state index in [0.29, 0.717) is 6.04 Å². The molecule has 0 spiro atoms. The third-order valence-corrected chi connectivity index (χ3v) is 4.67. The molecule has 1 saturated heterocycles. The zero-order chi connectivity index (χ0) is 9.80. The first-order valence-electron chi connectivity index (χ1n) is 5.08. The van der Waals surface area contributed by atoms with E-state index in [1.807, 2.05) is 11.7 Å². The standard InChI is InChI=1S/C10H16N2S2/c1-2-12-10-6-13-5-8(10)3-9-4-11-7-14-9/h4,7-8,10,12H,2-3,5-6H2,1H3. The summed E-state index contributed by atoms with van der Waals surface area (Å²) in [4.78, 5) is 5.56. The molecule has 78 valence electrons. The number of nitrogens with zero attached hydrogens (tertiary/aromatic N) is 1. The lowest BCUT2D eigenvalue weighted by atomic mass is 9.99. The van der Waals surface area contributed by atoms with Crippen molar-refractivity contribution in [3.05, 3.63) is 16.6 Å². The molecule has 14 heavy (non-hydrogen) atoms. The van der Waals surface area contributed by atoms with Crippen LogP contribution in [0.4, 0.5) is 0 Å². The van der Waals surface area contributed by atoms with Crippen LogP contribution in [-0.4, -0.2) is 29.1 Å². The van der Waals surface area contributed by atoms with E-state index in [9.17, 15) is 0 Å². The monoisotopic (exact) mass is 228 g/mol. The Morgan fingerprint density at radius 3 is 3.21 bits per heavy atom. The van der Waals surface area contributed by atoms with Crippen LogP contribution in [0.5, 0.6) is 0 Å². The summed E-state index contributed by atoms with van der Waals surface area (Å²) in [5.74, 6) is 3.38. The maximum absolute atomic E-state index is 4.13. The van der Waals surface area contributed by atoms with Gasteiger partial charge in [0.15, 0.2) is 0 Å². The van der Waals surface area contributed by atoms with Crippen LogP contribution in [-0.2, 0) is 6.42 Å². The third-order valence-electron chi connectivity index (χ3n) is 2.61. The van der Waals surface area contributed by atoms with E-state index >= 15 is 0 Å². The molecule has 2 unspecified atom stereocenters. The molecule has 0 amide bonds. The van der Waals surface area contributed by atoms with Crippen LogP contribution in [0.25, 0.3) is 0 Å². The lowest BCUT2D eigenvalue weighted by Crippen LogP contribution is -2.35. The van der Waals surface area contributed by atoms with Gasteiger partial charge in [0.05, 0.1) is 5.51 Å². The van der Waals surface area contributed by atoms with E-state index in [2.05, 4.69) is 29.0 Å². The van der Waals surface area contributed by atoms with E-state index < -0.39 is 0 Å². The summed E-state index contributed by atoms with van der Waals surface area (Å²) in [5.41, 5.74) is 1.93. The number of hydrogen-bond donors (Lipinski definition) is 1. The zero-order valence-corrected chi connectivity index (χ0v) is 10.0. The van der Waals surface area contributed by atoms with Crippen LogP contribution in [0.1, 0.15) is 11.8 Å². The fraction of sp³-hybridized carbons (Fsp3) is 0.700. The van der Waals surface area contributed by atoms with Crippen molar-refractivity contribution in [2.75, 3.05) is 18.1 Å². The minimum absolute atomic E-state index is 0.715. The summed E-state index contributed by atoms with van der Waals surface area (Å²) in [6.45, 7) is 3.27. The molecule has 0 aliphatic carbocycles. The highest BCUT2D eigenvalue weighted by Crippen LogP contribution is 2.28. The number of thioether (sulfide) groups is 1. The van der Waals surface area contributed by atoms with Crippen LogP contribution in [0.2, 0.25) is 0 Å². The number of aromatic nitrogens is 1. The van der Waals surface area contributed by atoms with Crippen LogP contribution in [0, 0.1) is 5.92 Å². The van der Waals surface area contributed by atoms with Crippen molar-refractivity contribution in [3.8, 4) is 0 Å². The normalized spacial score (nSPS) is 26.9. The van der Waals surface area contributed by atoms with E-state index in [-0.39, 0.29) is 0 Å². The Morgan fingerprint density at radius 2 is 2.50 bits per heavy atom. The quantitative estimate of drug-likeness (QED) is 0.853. The first-order chi connectivity index (χ1) is 6.90. The van der Waals surface area contributed by atoms with Gasteiger partial charge in [0, 0.05) is 22.9 Å². The molecule has 0 aromatic carbocycles. The Balaban J connectivity index is 1.90. The molecule has 1 aromatic heterocycles. The fourth-order valence-electron chi connectivity index (χ4n) is 1.89. The molecule has 1 fully saturated rings. The highest BCUT2D eigenvalue weighted by molar-refractivity contribution is 7.99. The highest BCUT2D eigenvalue weighted by atomic mass is 32.2. The Bertz CT molecular complexity index is 261. The molecule has 1 aliphatic rings. The van der Waals surface area contributed by atoms with Gasteiger partial charge < -0.3 is 5.32 Å². The third kappa shape index (κ3) is 2.49. The minimum Gasteiger partial charge on any atom is -0.313 e. The van der Waals surface area contributed by atoms with Gasteiger partial charge in [-0.3, -0.25) is 4.98 Å². The second-order valence-electron chi connectivity index (χ2n) is 3.63. The predicted molar refractivity (Wildman–Crippen MR) is 64.1 cm³/mol. The molecule has 0 radical (unpaired) electrons. The Labute approximate surface area is 93.5 Å². The zero-order valence-electron chi connectivity index (χ0n) is 8.40. The Hall–Kier alpha value is -0.0600. The molecular formula is C10H16N2S2. The minimum atomic E-state index is 0.715. The van der Waals surface area contributed by atoms with Crippen molar-refractivity contribution in [1.29, 1.82) is 0 Å². The molecule has 0 saturated carbocycles. The smallest absolute Gasteiger partial charge is 0.0794 e. The second-order valence-corrected chi connectivity index (χ2v) is 5.68. The van der Waals surface area contributed by atoms with Gasteiger partial charge in [0.25, 0.3) is 0 Å². The second kappa shape index (κ2) is 5.14. The van der Waals surface area contributed by atoms with Crippen molar-refractivity contribution in [3.63, 3.8) is 0 Å². The Morgan fingerprint density at radius 1 is 1.57 bits per heavy atom. The summed E-state index contributed by atoms with van der Waals surface area (Å²) in [6.07, 6.45) is 3.21. The maximum atomic E-state index is 4.13. The largest absolute Gasteiger partial charge is 0.313 e. The van der Waals surface area contributed by atoms with Crippen molar-refractivity contribution in [1.82, 2.24) is 10.3 Å². The molecule has 1 aliphatic heterocycles. The summed E-state index contributed by atoms with van der Waals surface area (Å²) < 4.78 is 0. The average Bonchev–Trinajstić information content (AvgIpc) is 2.80. The van der Waals surface area contributed by atoms with Gasteiger partial charge >= 0.3 is 0 Å². The fourth-order valence-corrected chi connectivity index (χ4v) is 4.01. The topological polar surface area (TPSA) is 24.9 Å². The van der Waals surface area contributed by atoms with Crippen molar-refractivity contribution < 1.29 is 0 Å². The molecule has 4 heteroatoms. The molecular weight excluding hydrogens is 212 g/mol. The number of thiazole rings is 1. The Kier molecular flexibility index (Phi) is 3.84. The van der Waals surface area contributed by atoms with E-state index in [0.717, 1.165) is 12.5 Å². The predicted octanol–water partition coefficient (Wildman–Crippen LogP) is 2.03. The van der Waals surface area contributed by atoms with Crippen LogP contribution in [0.15, 0.2) is 11.7 Å². The average molecular weight is 228 g/mol. The number of hydrogen-bond acceptors (Lipinski definition) is 4. The summed E-state index contributed by atoms with van der Waals surface area (Å²) in [5, 5.41) is 3.57. The molecule has 2 atom stereocenters. The number of nitrogens with one attached hydrogen (secondary N) is 1. The van der Waals surface area contributed by atoms with E-state index in [1.165, 1.54) is 22.8 Å². The molecule has 0 bridgehead atoms. The first-order valence-corrected chi connectivity index (χ1v) is 7.12. The van der Waals surface area contributed by atoms with Crippen LogP contribution in [0.3, 0.4) is 0 Å². The summed E-state index contributed by atoms with van der Waals surface area (Å²) in [7, 11) is 0. The molecule has 1 N–H and O–H groups in total. The van der Waals surface area contributed by atoms with E-state index in [1.54, 1.807) is 11.3 Å². The van der Waals surface area contributed by atoms with Gasteiger partial charge in [0.1, 0.15) is 0 Å². The molecule has 1 aromatic rings. The van der Waals surface area contributed by atoms with Crippen LogP contribution >= 0.6 is 23.1 Å². The van der Waals surface area contributed by atoms with Gasteiger partial charge in [-0.05, 0) is 24.6 Å². The molecule has 2 heterocycles. The van der Waals surface area contributed by atoms with Crippen molar-refractivity contribution in [2.24, 2.45) is 5.92 Å². The lowest BCUT2D eigenvalue weighted by molar-refractivity contribution is 0.436. The van der Waals surface area contributed by atoms with Crippen molar-refractivity contribution in [2.45, 2.75) is 19.4 Å². The van der Waals surface area contributed by atoms with Gasteiger partial charge in [-0.15, -0.1) is 11.3 Å². The van der Waals surface area contributed by atoms with Gasteiger partial charge in [0.2, 0.25) is 0 Å². The van der Waals surface area contributed by atoms with Gasteiger partial charge in [-0.2, -0.15) is 11.8 Å². The highest BCUT2D eigenvalue weighted by Gasteiger charge is 2.27. The van der Waals surface area contributed by atoms with Gasteiger partial charge in [-0.25, -0.2) is 0 Å². The SMILES string of the molecule is CCNC1CSCC1Cc1cncs1. The van der Waals surface area contributed by atoms with Crippen LogP contribution < -0.4 is 5.32 Å². The lowest BCUT2D eigenvalue weighted by Gasteiger charge is -2.18. The van der Waals surface area contributed by atoms with E-state index in [4.69, 9.17) is 0 Å². The maximum Gasteiger partial charge on any atom is 0.0794 e. The van der Waals surface area contributed by atoms with Gasteiger partial charge in [-0.1, -0.05) is 6.92 Å². The molecule has 2 nitrogen and oxygen atoms in total. The van der Waals surface area contributed by atoms with Crippen molar-refractivity contribution >= 4 is 23.1 Å². The summed E-state index contributed by atoms with van der Waals surface area (Å²) >= 11 is 3.86. The summed E-state index contributed by atoms with van der Waals surface area (Å²) in [6, 6.07) is 0.715. The first kappa shape index (κ1) is 10.5. The number of rotatable bonds is 4.